The van der Waals surface area contributed by atoms with Crippen molar-refractivity contribution < 1.29 is 82.5 Å². The predicted molar refractivity (Wildman–Crippen MR) is 99.1 cm³/mol. The van der Waals surface area contributed by atoms with E-state index in [1.54, 1.807) is 24.3 Å². The van der Waals surface area contributed by atoms with E-state index < -0.39 is 11.1 Å². The first kappa shape index (κ1) is 25.7. The molecule has 1 atom stereocenters. The monoisotopic (exact) mass is 486 g/mol. The van der Waals surface area contributed by atoms with Crippen molar-refractivity contribution >= 4 is 66.8 Å². The Bertz CT molecular complexity index is 1140. The van der Waals surface area contributed by atoms with E-state index in [-0.39, 0.29) is 64.0 Å². The fourth-order valence-corrected chi connectivity index (χ4v) is 4.77. The summed E-state index contributed by atoms with van der Waals surface area (Å²) in [6, 6.07) is 10.0. The first-order chi connectivity index (χ1) is 13.1. The number of hydrogen-bond donors (Lipinski definition) is 2. The third kappa shape index (κ3) is 6.46. The number of fused-ring (bicyclic) bond motifs is 2. The van der Waals surface area contributed by atoms with Crippen LogP contribution in [0.3, 0.4) is 0 Å². The Balaban J connectivity index is 0.00000150. The maximum atomic E-state index is 11.0. The van der Waals surface area contributed by atoms with Gasteiger partial charge in [-0.2, -0.15) is 4.33 Å². The number of nitrogens with zero attached hydrogens (tertiary/aromatic N) is 2. The minimum Gasteiger partial charge on any atom is -0.768 e. The zero-order valence-corrected chi connectivity index (χ0v) is 22.3. The summed E-state index contributed by atoms with van der Waals surface area (Å²) in [7, 11) is 2.73. The second kappa shape index (κ2) is 11.9. The maximum absolute atomic E-state index is 11.0. The summed E-state index contributed by atoms with van der Waals surface area (Å²) in [5.74, 6) is 0. The van der Waals surface area contributed by atoms with Gasteiger partial charge in [0, 0.05) is 9.79 Å². The van der Waals surface area contributed by atoms with Crippen molar-refractivity contribution in [1.29, 1.82) is 0 Å². The zero-order chi connectivity index (χ0) is 18.8. The number of aromatic amines is 2. The molecule has 0 bridgehead atoms. The molecule has 2 aromatic heterocycles. The third-order valence-electron chi connectivity index (χ3n) is 3.41. The van der Waals surface area contributed by atoms with Gasteiger partial charge in [-0.3, -0.25) is 9.25 Å². The summed E-state index contributed by atoms with van der Waals surface area (Å²) in [6.07, 6.45) is 0. The minimum atomic E-state index is -2.28. The normalized spacial score (nSPS) is 11.9. The Morgan fingerprint density at radius 3 is 2.10 bits per heavy atom. The average molecular weight is 486 g/mol. The van der Waals surface area contributed by atoms with Crippen LogP contribution in [0.4, 0.5) is 0 Å². The number of nitrogens with one attached hydrogen (secondary N) is 2. The topological polar surface area (TPSA) is 139 Å². The Kier molecular flexibility index (Phi) is 10.5. The van der Waals surface area contributed by atoms with Gasteiger partial charge in [-0.25, -0.2) is 9.97 Å². The van der Waals surface area contributed by atoms with Crippen LogP contribution < -0.4 is 64.4 Å². The van der Waals surface area contributed by atoms with Crippen LogP contribution in [-0.2, 0) is 20.5 Å². The van der Waals surface area contributed by atoms with Gasteiger partial charge in [0.1, 0.15) is 0 Å². The molecule has 2 aromatic carbocycles. The number of hydrogen-bond acceptors (Lipinski definition) is 10. The molecule has 0 saturated carbocycles. The zero-order valence-electron chi connectivity index (χ0n) is 15.0. The molecule has 9 nitrogen and oxygen atoms in total. The number of benzene rings is 2. The Morgan fingerprint density at radius 1 is 0.931 bits per heavy atom. The molecule has 1 unspecified atom stereocenters. The summed E-state index contributed by atoms with van der Waals surface area (Å²) >= 11 is -1.48. The van der Waals surface area contributed by atoms with E-state index in [0.717, 1.165) is 23.1 Å². The van der Waals surface area contributed by atoms with E-state index in [1.807, 2.05) is 0 Å². The first-order valence-corrected chi connectivity index (χ1v) is 11.2. The predicted octanol–water partition coefficient (Wildman–Crippen LogP) is -3.28. The molecule has 0 aliphatic carbocycles. The van der Waals surface area contributed by atoms with E-state index >= 15 is 0 Å². The fourth-order valence-electron chi connectivity index (χ4n) is 2.30. The van der Waals surface area contributed by atoms with Crippen LogP contribution in [0.1, 0.15) is 0 Å². The Hall–Kier alpha value is 0.420. The van der Waals surface area contributed by atoms with Crippen LogP contribution in [0.2, 0.25) is 0 Å². The molecule has 0 aliphatic rings. The molecule has 15 heteroatoms. The van der Waals surface area contributed by atoms with E-state index in [9.17, 15) is 14.0 Å². The van der Waals surface area contributed by atoms with Crippen molar-refractivity contribution in [1.82, 2.24) is 19.9 Å². The molecule has 2 heterocycles. The van der Waals surface area contributed by atoms with Crippen molar-refractivity contribution in [2.24, 2.45) is 0 Å². The van der Waals surface area contributed by atoms with Crippen LogP contribution in [0.15, 0.2) is 56.5 Å². The Morgan fingerprint density at radius 2 is 1.52 bits per heavy atom. The molecule has 0 spiro atoms. The summed E-state index contributed by atoms with van der Waals surface area (Å²) in [5, 5.41) is 14.5. The molecule has 4 aromatic rings. The summed E-state index contributed by atoms with van der Waals surface area (Å²) < 4.78 is 26.4. The Labute approximate surface area is 223 Å². The third-order valence-corrected chi connectivity index (χ3v) is 6.61. The minimum absolute atomic E-state index is 0. The van der Waals surface area contributed by atoms with E-state index in [2.05, 4.69) is 29.3 Å². The van der Waals surface area contributed by atoms with Crippen LogP contribution >= 0.6 is 33.6 Å². The largest absolute Gasteiger partial charge is 1.00 e. The van der Waals surface area contributed by atoms with E-state index in [1.165, 1.54) is 33.7 Å². The van der Waals surface area contributed by atoms with Gasteiger partial charge in [-0.15, -0.1) is 0 Å². The molecular formula is C14H8N4Na2O5S4. The van der Waals surface area contributed by atoms with E-state index in [4.69, 9.17) is 0 Å². The second-order valence-electron chi connectivity index (χ2n) is 5.06. The second-order valence-corrected chi connectivity index (χ2v) is 8.88. The van der Waals surface area contributed by atoms with Gasteiger partial charge in [0.25, 0.3) is 0 Å². The summed E-state index contributed by atoms with van der Waals surface area (Å²) in [4.78, 5) is 16.0. The van der Waals surface area contributed by atoms with Crippen molar-refractivity contribution in [3.63, 3.8) is 0 Å². The molecule has 29 heavy (non-hydrogen) atoms. The van der Waals surface area contributed by atoms with Gasteiger partial charge in [0.05, 0.1) is 34.1 Å². The smallest absolute Gasteiger partial charge is 0.768 e. The molecule has 4 rings (SSSR count). The van der Waals surface area contributed by atoms with Crippen LogP contribution in [0.5, 0.6) is 0 Å². The molecule has 0 radical (unpaired) electrons. The first-order valence-electron chi connectivity index (χ1n) is 7.19. The standard InChI is InChI=1S/C14H10N4O5S4.2Na/c19-22-23-24-7-1-3-9-11(5-7)17-13(15-9)25-26-14-16-10-4-2-8(27(20)21)6-12(10)18-14;;/h1-6,19H,(H,15,17)(H,16,18)(H,20,21);;/q;2*+1/p-2. The van der Waals surface area contributed by atoms with Gasteiger partial charge < -0.3 is 19.8 Å². The number of aromatic nitrogens is 4. The SMILES string of the molecule is O=S([O-])c1ccc2nc(SSc3nc4ccc(SOO[O-])cc4[nH]3)[nH]c2c1.[Na+].[Na+]. The van der Waals surface area contributed by atoms with Crippen molar-refractivity contribution in [3.8, 4) is 0 Å². The molecule has 2 N–H and O–H groups in total. The van der Waals surface area contributed by atoms with Crippen LogP contribution in [-0.4, -0.2) is 28.7 Å². The summed E-state index contributed by atoms with van der Waals surface area (Å²) in [5.41, 5.74) is 2.87. The van der Waals surface area contributed by atoms with Crippen molar-refractivity contribution in [2.75, 3.05) is 0 Å². The van der Waals surface area contributed by atoms with Crippen molar-refractivity contribution in [2.45, 2.75) is 20.1 Å². The average Bonchev–Trinajstić information content (AvgIpc) is 3.26. The van der Waals surface area contributed by atoms with Gasteiger partial charge >= 0.3 is 59.1 Å². The molecule has 140 valence electrons. The molecule has 0 fully saturated rings. The quantitative estimate of drug-likeness (QED) is 0.0683. The number of H-pyrrole nitrogens is 2. The fraction of sp³-hybridized carbons (Fsp3) is 0. The number of rotatable bonds is 7. The van der Waals surface area contributed by atoms with Gasteiger partial charge in [0.2, 0.25) is 0 Å². The van der Waals surface area contributed by atoms with Crippen molar-refractivity contribution in [3.05, 3.63) is 36.4 Å². The number of imidazole rings is 2. The molecule has 0 aliphatic heterocycles. The van der Waals surface area contributed by atoms with E-state index in [0.29, 0.717) is 26.2 Å². The summed E-state index contributed by atoms with van der Waals surface area (Å²) in [6.45, 7) is 0. The molecule has 0 amide bonds. The van der Waals surface area contributed by atoms with Crippen LogP contribution in [0, 0.1) is 0 Å². The van der Waals surface area contributed by atoms with Crippen LogP contribution in [0.25, 0.3) is 22.1 Å². The maximum Gasteiger partial charge on any atom is 1.00 e. The molecule has 0 saturated heterocycles. The van der Waals surface area contributed by atoms with Gasteiger partial charge in [-0.05, 0) is 69.1 Å². The molecular weight excluding hydrogens is 478 g/mol. The van der Waals surface area contributed by atoms with Gasteiger partial charge in [0.15, 0.2) is 10.3 Å². The van der Waals surface area contributed by atoms with Gasteiger partial charge in [-0.1, -0.05) is 0 Å².